The highest BCUT2D eigenvalue weighted by Crippen LogP contribution is 2.25. The Morgan fingerprint density at radius 2 is 1.85 bits per heavy atom. The Morgan fingerprint density at radius 3 is 2.45 bits per heavy atom. The molecule has 0 aliphatic carbocycles. The molecule has 3 rings (SSSR count). The standard InChI is InChI=1S/C13H19N7/c1-18-7-9-19(10-8-18)20(11-5-3-2-4-6-11)13-15-12(14)16-17-13/h2-6H,7-10H2,1H3,(H3,14,15,16,17). The van der Waals surface area contributed by atoms with Gasteiger partial charge in [-0.15, -0.1) is 5.10 Å². The second-order valence-corrected chi connectivity index (χ2v) is 4.92. The molecule has 0 atom stereocenters. The van der Waals surface area contributed by atoms with E-state index < -0.39 is 0 Å². The van der Waals surface area contributed by atoms with E-state index >= 15 is 0 Å². The van der Waals surface area contributed by atoms with Gasteiger partial charge in [-0.3, -0.25) is 0 Å². The molecule has 2 heterocycles. The van der Waals surface area contributed by atoms with Gasteiger partial charge >= 0.3 is 0 Å². The number of aromatic amines is 1. The molecule has 1 saturated heterocycles. The number of likely N-dealkylation sites (N-methyl/N-ethyl adjacent to an activating group) is 1. The lowest BCUT2D eigenvalue weighted by atomic mass is 10.3. The number of rotatable bonds is 3. The van der Waals surface area contributed by atoms with Gasteiger partial charge in [0.2, 0.25) is 5.95 Å². The first-order valence-electron chi connectivity index (χ1n) is 6.70. The molecular weight excluding hydrogens is 254 g/mol. The Balaban J connectivity index is 1.91. The Labute approximate surface area is 118 Å². The van der Waals surface area contributed by atoms with Crippen LogP contribution in [-0.2, 0) is 0 Å². The summed E-state index contributed by atoms with van der Waals surface area (Å²) in [6.07, 6.45) is 0. The lowest BCUT2D eigenvalue weighted by Gasteiger charge is -2.39. The third kappa shape index (κ3) is 2.59. The van der Waals surface area contributed by atoms with Crippen molar-refractivity contribution >= 4 is 17.6 Å². The number of piperazine rings is 1. The van der Waals surface area contributed by atoms with Crippen molar-refractivity contribution in [2.24, 2.45) is 0 Å². The summed E-state index contributed by atoms with van der Waals surface area (Å²) < 4.78 is 0. The molecule has 0 bridgehead atoms. The lowest BCUT2D eigenvalue weighted by molar-refractivity contribution is 0.153. The molecule has 7 nitrogen and oxygen atoms in total. The molecule has 3 N–H and O–H groups in total. The van der Waals surface area contributed by atoms with Crippen LogP contribution in [0.2, 0.25) is 0 Å². The maximum atomic E-state index is 5.66. The first-order chi connectivity index (χ1) is 9.74. The van der Waals surface area contributed by atoms with Crippen molar-refractivity contribution in [3.05, 3.63) is 30.3 Å². The number of nitrogens with two attached hydrogens (primary N) is 1. The minimum Gasteiger partial charge on any atom is -0.368 e. The van der Waals surface area contributed by atoms with Crippen LogP contribution in [0.4, 0.5) is 17.6 Å². The number of nitrogen functional groups attached to an aromatic ring is 1. The lowest BCUT2D eigenvalue weighted by Crippen LogP contribution is -2.51. The summed E-state index contributed by atoms with van der Waals surface area (Å²) in [5.74, 6) is 0.910. The summed E-state index contributed by atoms with van der Waals surface area (Å²) in [7, 11) is 2.13. The van der Waals surface area contributed by atoms with Gasteiger partial charge in [-0.05, 0) is 19.2 Å². The van der Waals surface area contributed by atoms with E-state index in [-0.39, 0.29) is 0 Å². The molecule has 20 heavy (non-hydrogen) atoms. The number of para-hydroxylation sites is 1. The van der Waals surface area contributed by atoms with E-state index in [1.54, 1.807) is 0 Å². The largest absolute Gasteiger partial charge is 0.368 e. The molecule has 7 heteroatoms. The predicted octanol–water partition coefficient (Wildman–Crippen LogP) is 0.687. The Kier molecular flexibility index (Phi) is 3.53. The van der Waals surface area contributed by atoms with Crippen LogP contribution in [0.3, 0.4) is 0 Å². The molecule has 1 aromatic heterocycles. The second kappa shape index (κ2) is 5.48. The van der Waals surface area contributed by atoms with Gasteiger partial charge < -0.3 is 10.6 Å². The van der Waals surface area contributed by atoms with Gasteiger partial charge in [0.1, 0.15) is 0 Å². The SMILES string of the molecule is CN1CCN(N(c2ccccc2)c2n[nH]c(N)n2)CC1. The summed E-state index contributed by atoms with van der Waals surface area (Å²) in [5.41, 5.74) is 6.70. The van der Waals surface area contributed by atoms with E-state index in [4.69, 9.17) is 5.73 Å². The Bertz CT molecular complexity index is 545. The summed E-state index contributed by atoms with van der Waals surface area (Å²) in [6, 6.07) is 10.1. The summed E-state index contributed by atoms with van der Waals surface area (Å²) in [6.45, 7) is 3.89. The molecule has 1 aliphatic heterocycles. The number of nitrogens with one attached hydrogen (secondary N) is 1. The zero-order chi connectivity index (χ0) is 13.9. The highest BCUT2D eigenvalue weighted by atomic mass is 15.7. The number of hydrazine groups is 1. The molecule has 0 radical (unpaired) electrons. The van der Waals surface area contributed by atoms with Gasteiger partial charge in [0, 0.05) is 26.2 Å². The van der Waals surface area contributed by atoms with Gasteiger partial charge in [-0.2, -0.15) is 4.98 Å². The summed E-state index contributed by atoms with van der Waals surface area (Å²) in [4.78, 5) is 6.57. The molecule has 1 fully saturated rings. The number of anilines is 3. The maximum Gasteiger partial charge on any atom is 0.265 e. The van der Waals surface area contributed by atoms with Crippen LogP contribution >= 0.6 is 0 Å². The van der Waals surface area contributed by atoms with Crippen molar-refractivity contribution < 1.29 is 0 Å². The highest BCUT2D eigenvalue weighted by molar-refractivity contribution is 5.56. The monoisotopic (exact) mass is 273 g/mol. The third-order valence-electron chi connectivity index (χ3n) is 3.44. The van der Waals surface area contributed by atoms with Gasteiger partial charge in [-0.25, -0.2) is 15.1 Å². The molecule has 0 amide bonds. The van der Waals surface area contributed by atoms with Crippen molar-refractivity contribution in [1.29, 1.82) is 0 Å². The first kappa shape index (κ1) is 12.9. The average molecular weight is 273 g/mol. The van der Waals surface area contributed by atoms with Crippen LogP contribution in [0.15, 0.2) is 30.3 Å². The topological polar surface area (TPSA) is 77.3 Å². The number of hydrogen-bond acceptors (Lipinski definition) is 6. The molecular formula is C13H19N7. The summed E-state index contributed by atoms with van der Waals surface area (Å²) >= 11 is 0. The first-order valence-corrected chi connectivity index (χ1v) is 6.70. The van der Waals surface area contributed by atoms with Gasteiger partial charge in [-0.1, -0.05) is 18.2 Å². The smallest absolute Gasteiger partial charge is 0.265 e. The van der Waals surface area contributed by atoms with Crippen molar-refractivity contribution in [2.75, 3.05) is 44.0 Å². The fraction of sp³-hybridized carbons (Fsp3) is 0.385. The van der Waals surface area contributed by atoms with Crippen LogP contribution in [0.25, 0.3) is 0 Å². The zero-order valence-electron chi connectivity index (χ0n) is 11.5. The molecule has 1 aromatic carbocycles. The number of nitrogens with zero attached hydrogens (tertiary/aromatic N) is 5. The highest BCUT2D eigenvalue weighted by Gasteiger charge is 2.24. The van der Waals surface area contributed by atoms with Gasteiger partial charge in [0.25, 0.3) is 5.95 Å². The number of H-pyrrole nitrogens is 1. The fourth-order valence-corrected chi connectivity index (χ4v) is 2.33. The van der Waals surface area contributed by atoms with E-state index in [9.17, 15) is 0 Å². The van der Waals surface area contributed by atoms with Crippen LogP contribution in [0, 0.1) is 0 Å². The Hall–Kier alpha value is -2.12. The number of aromatic nitrogens is 3. The van der Waals surface area contributed by atoms with Crippen LogP contribution in [-0.4, -0.2) is 58.3 Å². The molecule has 0 spiro atoms. The van der Waals surface area contributed by atoms with Crippen molar-refractivity contribution in [2.45, 2.75) is 0 Å². The van der Waals surface area contributed by atoms with Crippen molar-refractivity contribution in [3.63, 3.8) is 0 Å². The zero-order valence-corrected chi connectivity index (χ0v) is 11.5. The molecule has 0 unspecified atom stereocenters. The number of benzene rings is 1. The number of hydrogen-bond donors (Lipinski definition) is 2. The predicted molar refractivity (Wildman–Crippen MR) is 78.4 cm³/mol. The average Bonchev–Trinajstić information content (AvgIpc) is 2.89. The maximum absolute atomic E-state index is 5.66. The van der Waals surface area contributed by atoms with Gasteiger partial charge in [0.05, 0.1) is 5.69 Å². The second-order valence-electron chi connectivity index (χ2n) is 4.92. The molecule has 2 aromatic rings. The van der Waals surface area contributed by atoms with E-state index in [2.05, 4.69) is 32.1 Å². The molecule has 0 saturated carbocycles. The van der Waals surface area contributed by atoms with Crippen LogP contribution in [0.1, 0.15) is 0 Å². The van der Waals surface area contributed by atoms with Crippen LogP contribution in [0.5, 0.6) is 0 Å². The minimum atomic E-state index is 0.329. The minimum absolute atomic E-state index is 0.329. The van der Waals surface area contributed by atoms with Gasteiger partial charge in [0.15, 0.2) is 0 Å². The van der Waals surface area contributed by atoms with E-state index in [1.165, 1.54) is 0 Å². The fourth-order valence-electron chi connectivity index (χ4n) is 2.33. The Morgan fingerprint density at radius 1 is 1.15 bits per heavy atom. The van der Waals surface area contributed by atoms with E-state index in [0.29, 0.717) is 11.9 Å². The van der Waals surface area contributed by atoms with E-state index in [0.717, 1.165) is 31.9 Å². The van der Waals surface area contributed by atoms with E-state index in [1.807, 2.05) is 35.3 Å². The molecule has 1 aliphatic rings. The third-order valence-corrected chi connectivity index (χ3v) is 3.44. The molecule has 106 valence electrons. The van der Waals surface area contributed by atoms with Crippen LogP contribution < -0.4 is 10.7 Å². The van der Waals surface area contributed by atoms with Crippen molar-refractivity contribution in [1.82, 2.24) is 25.1 Å². The quantitative estimate of drug-likeness (QED) is 0.856. The normalized spacial score (nSPS) is 17.2. The van der Waals surface area contributed by atoms with Crippen molar-refractivity contribution in [3.8, 4) is 0 Å². The summed E-state index contributed by atoms with van der Waals surface area (Å²) in [5, 5.41) is 11.2.